The van der Waals surface area contributed by atoms with E-state index in [1.165, 1.54) is 32.7 Å². The van der Waals surface area contributed by atoms with Crippen LogP contribution in [0.2, 0.25) is 0 Å². The zero-order valence-electron chi connectivity index (χ0n) is 35.9. The topological polar surface area (TPSA) is 51.6 Å². The molecule has 0 aliphatic rings. The van der Waals surface area contributed by atoms with Crippen LogP contribution in [0.3, 0.4) is 0 Å². The van der Waals surface area contributed by atoms with Crippen molar-refractivity contribution in [1.82, 2.24) is 19.9 Å². The maximum Gasteiger partial charge on any atom is 0.164 e. The Morgan fingerprint density at radius 2 is 0.545 bits per heavy atom. The number of benzene rings is 10. The number of rotatable bonds is 8. The molecule has 0 unspecified atom stereocenters. The predicted molar refractivity (Wildman–Crippen MR) is 274 cm³/mol. The predicted octanol–water partition coefficient (Wildman–Crippen LogP) is 16.1. The number of hydrogen-bond donors (Lipinski definition) is 0. The van der Waals surface area contributed by atoms with Gasteiger partial charge in [-0.25, -0.2) is 19.9 Å². The van der Waals surface area contributed by atoms with Crippen LogP contribution in [-0.4, -0.2) is 19.9 Å². The SMILES string of the molecule is c1ccc(-c2ccc(-c3nc(-c4ccc(-c5ccccc5)cc4)nc(-c4ccc(-c5ccc(-c6cccc(-c7nc8cc9ccccc9cc8c8ccccc78)c6)cc5)cc4)n3)cc2)cc1. The molecule has 12 rings (SSSR count). The Hall–Kier alpha value is -8.86. The van der Waals surface area contributed by atoms with Gasteiger partial charge in [-0.15, -0.1) is 0 Å². The van der Waals surface area contributed by atoms with Crippen LogP contribution in [-0.2, 0) is 0 Å². The molecular weight excluding hydrogens is 801 g/mol. The van der Waals surface area contributed by atoms with E-state index in [-0.39, 0.29) is 0 Å². The highest BCUT2D eigenvalue weighted by Crippen LogP contribution is 2.37. The van der Waals surface area contributed by atoms with Crippen molar-refractivity contribution >= 4 is 32.4 Å². The van der Waals surface area contributed by atoms with Gasteiger partial charge in [-0.2, -0.15) is 0 Å². The van der Waals surface area contributed by atoms with E-state index in [1.54, 1.807) is 0 Å². The van der Waals surface area contributed by atoms with Crippen LogP contribution in [0.25, 0.3) is 122 Å². The Morgan fingerprint density at radius 1 is 0.197 bits per heavy atom. The van der Waals surface area contributed by atoms with Gasteiger partial charge in [-0.3, -0.25) is 0 Å². The molecule has 0 amide bonds. The highest BCUT2D eigenvalue weighted by atomic mass is 15.0. The smallest absolute Gasteiger partial charge is 0.164 e. The molecule has 0 aliphatic heterocycles. The van der Waals surface area contributed by atoms with Crippen molar-refractivity contribution < 1.29 is 0 Å². The monoisotopic (exact) mass is 840 g/mol. The molecule has 0 spiro atoms. The highest BCUT2D eigenvalue weighted by molar-refractivity contribution is 6.14. The molecule has 0 atom stereocenters. The Labute approximate surface area is 383 Å². The van der Waals surface area contributed by atoms with Crippen LogP contribution >= 0.6 is 0 Å². The van der Waals surface area contributed by atoms with Gasteiger partial charge in [0.1, 0.15) is 0 Å². The quantitative estimate of drug-likeness (QED) is 0.113. The Kier molecular flexibility index (Phi) is 9.81. The van der Waals surface area contributed by atoms with Gasteiger partial charge in [-0.05, 0) is 78.9 Å². The fourth-order valence-electron chi connectivity index (χ4n) is 9.02. The summed E-state index contributed by atoms with van der Waals surface area (Å²) in [5.74, 6) is 1.88. The molecule has 12 aromatic rings. The van der Waals surface area contributed by atoms with Gasteiger partial charge in [0.2, 0.25) is 0 Å². The van der Waals surface area contributed by atoms with Crippen molar-refractivity contribution in [1.29, 1.82) is 0 Å². The molecule has 4 heteroatoms. The van der Waals surface area contributed by atoms with Crippen LogP contribution in [0.15, 0.2) is 243 Å². The van der Waals surface area contributed by atoms with E-state index in [9.17, 15) is 0 Å². The van der Waals surface area contributed by atoms with Gasteiger partial charge in [0.25, 0.3) is 0 Å². The first-order valence-corrected chi connectivity index (χ1v) is 22.3. The molecule has 66 heavy (non-hydrogen) atoms. The molecule has 2 aromatic heterocycles. The zero-order valence-corrected chi connectivity index (χ0v) is 35.9. The minimum atomic E-state index is 0.623. The molecule has 0 aliphatic carbocycles. The zero-order chi connectivity index (χ0) is 43.8. The fourth-order valence-corrected chi connectivity index (χ4v) is 9.02. The first-order chi connectivity index (χ1) is 32.7. The summed E-state index contributed by atoms with van der Waals surface area (Å²) in [6, 6.07) is 85.4. The van der Waals surface area contributed by atoms with E-state index >= 15 is 0 Å². The van der Waals surface area contributed by atoms with E-state index in [0.29, 0.717) is 17.5 Å². The summed E-state index contributed by atoms with van der Waals surface area (Å²) in [6.07, 6.45) is 0. The summed E-state index contributed by atoms with van der Waals surface area (Å²) in [4.78, 5) is 20.5. The van der Waals surface area contributed by atoms with Crippen molar-refractivity contribution in [3.63, 3.8) is 0 Å². The minimum Gasteiger partial charge on any atom is -0.247 e. The number of fused-ring (bicyclic) bond motifs is 4. The lowest BCUT2D eigenvalue weighted by Crippen LogP contribution is -2.00. The molecule has 0 saturated heterocycles. The largest absolute Gasteiger partial charge is 0.247 e. The van der Waals surface area contributed by atoms with E-state index < -0.39 is 0 Å². The molecular formula is C62H40N4. The van der Waals surface area contributed by atoms with Crippen LogP contribution in [0, 0.1) is 0 Å². The Bertz CT molecular complexity index is 3600. The molecule has 0 saturated carbocycles. The average Bonchev–Trinajstić information content (AvgIpc) is 3.41. The summed E-state index contributed by atoms with van der Waals surface area (Å²) in [7, 11) is 0. The van der Waals surface area contributed by atoms with E-state index in [4.69, 9.17) is 19.9 Å². The maximum atomic E-state index is 5.30. The van der Waals surface area contributed by atoms with Crippen molar-refractivity contribution in [3.8, 4) is 89.9 Å². The molecule has 10 aromatic carbocycles. The minimum absolute atomic E-state index is 0.623. The number of hydrogen-bond acceptors (Lipinski definition) is 4. The summed E-state index contributed by atoms with van der Waals surface area (Å²) in [6.45, 7) is 0. The number of pyridine rings is 1. The van der Waals surface area contributed by atoms with Gasteiger partial charge in [0.15, 0.2) is 17.5 Å². The normalized spacial score (nSPS) is 11.3. The Morgan fingerprint density at radius 3 is 1.03 bits per heavy atom. The fraction of sp³-hybridized carbons (Fsp3) is 0. The first kappa shape index (κ1) is 38.8. The van der Waals surface area contributed by atoms with Crippen molar-refractivity contribution in [2.45, 2.75) is 0 Å². The molecule has 0 fully saturated rings. The van der Waals surface area contributed by atoms with E-state index in [0.717, 1.165) is 72.2 Å². The summed E-state index contributed by atoms with van der Waals surface area (Å²) in [5, 5.41) is 5.95. The molecule has 0 radical (unpaired) electrons. The summed E-state index contributed by atoms with van der Waals surface area (Å²) in [5.41, 5.74) is 15.0. The van der Waals surface area contributed by atoms with Gasteiger partial charge in [0.05, 0.1) is 11.2 Å². The van der Waals surface area contributed by atoms with E-state index in [1.807, 2.05) is 12.1 Å². The van der Waals surface area contributed by atoms with Crippen molar-refractivity contribution in [3.05, 3.63) is 243 Å². The molecule has 0 N–H and O–H groups in total. The van der Waals surface area contributed by atoms with Crippen LogP contribution in [0.1, 0.15) is 0 Å². The van der Waals surface area contributed by atoms with Crippen molar-refractivity contribution in [2.24, 2.45) is 0 Å². The average molecular weight is 841 g/mol. The standard InChI is InChI=1S/C62H40N4/c1-3-12-41(13-4-1)43-26-32-48(33-27-43)60-64-61(49-34-28-44(29-35-49)42-14-5-2-6-15-42)66-62(65-60)50-36-30-46(31-37-50)45-22-24-47(25-23-45)51-18-11-19-54(38-51)59-56-21-10-9-20-55(56)57-39-52-16-7-8-17-53(52)40-58(57)63-59/h1-40H. The maximum absolute atomic E-state index is 5.30. The third-order valence-electron chi connectivity index (χ3n) is 12.5. The van der Waals surface area contributed by atoms with Crippen LogP contribution in [0.5, 0.6) is 0 Å². The number of nitrogens with zero attached hydrogens (tertiary/aromatic N) is 4. The second-order valence-corrected chi connectivity index (χ2v) is 16.7. The van der Waals surface area contributed by atoms with Gasteiger partial charge in [0, 0.05) is 33.0 Å². The molecule has 2 heterocycles. The lowest BCUT2D eigenvalue weighted by atomic mass is 9.95. The Balaban J connectivity index is 0.848. The van der Waals surface area contributed by atoms with Gasteiger partial charge < -0.3 is 0 Å². The lowest BCUT2D eigenvalue weighted by Gasteiger charge is -2.12. The van der Waals surface area contributed by atoms with Gasteiger partial charge in [-0.1, -0.05) is 224 Å². The second kappa shape index (κ2) is 16.7. The lowest BCUT2D eigenvalue weighted by molar-refractivity contribution is 1.07. The molecule has 308 valence electrons. The summed E-state index contributed by atoms with van der Waals surface area (Å²) >= 11 is 0. The van der Waals surface area contributed by atoms with Crippen molar-refractivity contribution in [2.75, 3.05) is 0 Å². The number of aromatic nitrogens is 4. The highest BCUT2D eigenvalue weighted by Gasteiger charge is 2.15. The third-order valence-corrected chi connectivity index (χ3v) is 12.5. The van der Waals surface area contributed by atoms with E-state index in [2.05, 4.69) is 231 Å². The second-order valence-electron chi connectivity index (χ2n) is 16.7. The van der Waals surface area contributed by atoms with Gasteiger partial charge >= 0.3 is 0 Å². The summed E-state index contributed by atoms with van der Waals surface area (Å²) < 4.78 is 0. The molecule has 4 nitrogen and oxygen atoms in total. The molecule has 0 bridgehead atoms. The van der Waals surface area contributed by atoms with Crippen LogP contribution < -0.4 is 0 Å². The third kappa shape index (κ3) is 7.47. The first-order valence-electron chi connectivity index (χ1n) is 22.3. The van der Waals surface area contributed by atoms with Crippen LogP contribution in [0.4, 0.5) is 0 Å².